The highest BCUT2D eigenvalue weighted by Crippen LogP contribution is 2.26. The maximum atomic E-state index is 13.7. The van der Waals surface area contributed by atoms with Gasteiger partial charge in [-0.3, -0.25) is 0 Å². The molecule has 6 heteroatoms. The lowest BCUT2D eigenvalue weighted by Gasteiger charge is -2.13. The molecular formula is C12H13BrFN3O. The molecule has 2 aromatic rings. The molecule has 0 amide bonds. The molecule has 0 saturated carbocycles. The summed E-state index contributed by atoms with van der Waals surface area (Å²) in [5, 5.41) is 17.9. The van der Waals surface area contributed by atoms with E-state index in [4.69, 9.17) is 0 Å². The Balaban J connectivity index is 2.38. The fourth-order valence-corrected chi connectivity index (χ4v) is 2.13. The normalized spacial score (nSPS) is 12.7. The molecule has 0 aliphatic heterocycles. The number of hydrogen-bond acceptors (Lipinski definition) is 3. The van der Waals surface area contributed by atoms with Gasteiger partial charge < -0.3 is 5.11 Å². The second-order valence-corrected chi connectivity index (χ2v) is 4.87. The van der Waals surface area contributed by atoms with Crippen molar-refractivity contribution < 1.29 is 9.50 Å². The molecule has 0 radical (unpaired) electrons. The van der Waals surface area contributed by atoms with E-state index < -0.39 is 11.9 Å². The van der Waals surface area contributed by atoms with Crippen LogP contribution in [-0.4, -0.2) is 20.1 Å². The third kappa shape index (κ3) is 2.59. The van der Waals surface area contributed by atoms with Gasteiger partial charge in [-0.1, -0.05) is 28.1 Å². The van der Waals surface area contributed by atoms with E-state index in [2.05, 4.69) is 26.2 Å². The van der Waals surface area contributed by atoms with Gasteiger partial charge in [-0.15, -0.1) is 5.10 Å². The van der Waals surface area contributed by atoms with Gasteiger partial charge in [0, 0.05) is 16.6 Å². The van der Waals surface area contributed by atoms with Crippen LogP contribution in [0.5, 0.6) is 0 Å². The fourth-order valence-electron chi connectivity index (χ4n) is 1.75. The second-order valence-electron chi connectivity index (χ2n) is 3.95. The average molecular weight is 314 g/mol. The van der Waals surface area contributed by atoms with Crippen LogP contribution in [0.2, 0.25) is 0 Å². The Morgan fingerprint density at radius 2 is 2.28 bits per heavy atom. The number of halogens is 2. The van der Waals surface area contributed by atoms with Gasteiger partial charge in [0.2, 0.25) is 0 Å². The minimum Gasteiger partial charge on any atom is -0.382 e. The van der Waals surface area contributed by atoms with Crippen LogP contribution >= 0.6 is 15.9 Å². The van der Waals surface area contributed by atoms with Crippen molar-refractivity contribution in [3.8, 4) is 0 Å². The monoisotopic (exact) mass is 313 g/mol. The van der Waals surface area contributed by atoms with Gasteiger partial charge >= 0.3 is 0 Å². The first-order valence-corrected chi connectivity index (χ1v) is 6.44. The molecule has 1 aromatic heterocycles. The maximum Gasteiger partial charge on any atom is 0.129 e. The lowest BCUT2D eigenvalue weighted by atomic mass is 10.1. The van der Waals surface area contributed by atoms with E-state index in [0.29, 0.717) is 16.7 Å². The summed E-state index contributed by atoms with van der Waals surface area (Å²) in [6.45, 7) is 2.64. The zero-order chi connectivity index (χ0) is 13.1. The van der Waals surface area contributed by atoms with E-state index in [-0.39, 0.29) is 5.56 Å². The molecular weight excluding hydrogens is 301 g/mol. The first-order chi connectivity index (χ1) is 8.63. The standard InChI is InChI=1S/C12H13BrFN3O/c1-2-5-17-11(7-15-16-17)12(18)9-6-8(13)3-4-10(9)14/h3-4,6-7,12,18H,2,5H2,1H3. The minimum absolute atomic E-state index is 0.212. The molecule has 2 rings (SSSR count). The first kappa shape index (κ1) is 13.2. The number of nitrogens with zero attached hydrogens (tertiary/aromatic N) is 3. The molecule has 1 aromatic carbocycles. The van der Waals surface area contributed by atoms with E-state index in [0.717, 1.165) is 6.42 Å². The topological polar surface area (TPSA) is 50.9 Å². The molecule has 0 aliphatic rings. The molecule has 4 nitrogen and oxygen atoms in total. The Bertz CT molecular complexity index is 544. The third-order valence-corrected chi connectivity index (χ3v) is 3.11. The van der Waals surface area contributed by atoms with Crippen LogP contribution in [-0.2, 0) is 6.54 Å². The average Bonchev–Trinajstić information content (AvgIpc) is 2.80. The molecule has 1 unspecified atom stereocenters. The van der Waals surface area contributed by atoms with Crippen molar-refractivity contribution in [2.24, 2.45) is 0 Å². The predicted molar refractivity (Wildman–Crippen MR) is 68.5 cm³/mol. The Morgan fingerprint density at radius 1 is 1.50 bits per heavy atom. The van der Waals surface area contributed by atoms with Crippen LogP contribution in [0.25, 0.3) is 0 Å². The molecule has 18 heavy (non-hydrogen) atoms. The fraction of sp³-hybridized carbons (Fsp3) is 0.333. The number of aryl methyl sites for hydroxylation is 1. The highest BCUT2D eigenvalue weighted by Gasteiger charge is 2.19. The van der Waals surface area contributed by atoms with Crippen LogP contribution in [0, 0.1) is 5.82 Å². The summed E-state index contributed by atoms with van der Waals surface area (Å²) in [6, 6.07) is 4.47. The van der Waals surface area contributed by atoms with Gasteiger partial charge in [-0.2, -0.15) is 0 Å². The van der Waals surface area contributed by atoms with Crippen LogP contribution in [0.15, 0.2) is 28.9 Å². The highest BCUT2D eigenvalue weighted by atomic mass is 79.9. The summed E-state index contributed by atoms with van der Waals surface area (Å²) in [4.78, 5) is 0. The van der Waals surface area contributed by atoms with E-state index in [1.165, 1.54) is 12.3 Å². The van der Waals surface area contributed by atoms with Gasteiger partial charge in [0.05, 0.1) is 11.9 Å². The minimum atomic E-state index is -1.07. The zero-order valence-corrected chi connectivity index (χ0v) is 11.4. The Hall–Kier alpha value is -1.27. The molecule has 0 aliphatic carbocycles. The third-order valence-electron chi connectivity index (χ3n) is 2.62. The number of aromatic nitrogens is 3. The molecule has 1 atom stereocenters. The SMILES string of the molecule is CCCn1nncc1C(O)c1cc(Br)ccc1F. The number of aliphatic hydroxyl groups excluding tert-OH is 1. The number of hydrogen-bond donors (Lipinski definition) is 1. The lowest BCUT2D eigenvalue weighted by molar-refractivity contribution is 0.202. The van der Waals surface area contributed by atoms with Crippen LogP contribution in [0.1, 0.15) is 30.7 Å². The van der Waals surface area contributed by atoms with Crippen molar-refractivity contribution >= 4 is 15.9 Å². The second kappa shape index (κ2) is 5.58. The summed E-state index contributed by atoms with van der Waals surface area (Å²) in [6.07, 6.45) is 1.26. The van der Waals surface area contributed by atoms with E-state index in [1.54, 1.807) is 16.8 Å². The molecule has 96 valence electrons. The predicted octanol–water partition coefficient (Wildman–Crippen LogP) is 2.67. The van der Waals surface area contributed by atoms with E-state index in [9.17, 15) is 9.50 Å². The number of aliphatic hydroxyl groups is 1. The largest absolute Gasteiger partial charge is 0.382 e. The van der Waals surface area contributed by atoms with E-state index in [1.807, 2.05) is 6.92 Å². The van der Waals surface area contributed by atoms with E-state index >= 15 is 0 Å². The molecule has 1 N–H and O–H groups in total. The molecule has 0 spiro atoms. The molecule has 0 fully saturated rings. The molecule has 1 heterocycles. The summed E-state index contributed by atoms with van der Waals surface area (Å²) in [7, 11) is 0. The smallest absolute Gasteiger partial charge is 0.129 e. The molecule has 0 bridgehead atoms. The Morgan fingerprint density at radius 3 is 3.00 bits per heavy atom. The van der Waals surface area contributed by atoms with Crippen molar-refractivity contribution in [3.05, 3.63) is 45.9 Å². The van der Waals surface area contributed by atoms with Gasteiger partial charge in [0.1, 0.15) is 11.9 Å². The lowest BCUT2D eigenvalue weighted by Crippen LogP contribution is -2.11. The van der Waals surface area contributed by atoms with Crippen LogP contribution < -0.4 is 0 Å². The number of rotatable bonds is 4. The van der Waals surface area contributed by atoms with Crippen molar-refractivity contribution in [1.82, 2.24) is 15.0 Å². The van der Waals surface area contributed by atoms with Crippen molar-refractivity contribution in [2.45, 2.75) is 26.0 Å². The summed E-state index contributed by atoms with van der Waals surface area (Å²) < 4.78 is 16.0. The van der Waals surface area contributed by atoms with Gasteiger partial charge in [-0.05, 0) is 24.6 Å². The van der Waals surface area contributed by atoms with Gasteiger partial charge in [0.25, 0.3) is 0 Å². The first-order valence-electron chi connectivity index (χ1n) is 5.65. The van der Waals surface area contributed by atoms with Crippen molar-refractivity contribution in [3.63, 3.8) is 0 Å². The quantitative estimate of drug-likeness (QED) is 0.944. The van der Waals surface area contributed by atoms with Crippen LogP contribution in [0.3, 0.4) is 0 Å². The molecule has 0 saturated heterocycles. The van der Waals surface area contributed by atoms with Gasteiger partial charge in [-0.25, -0.2) is 9.07 Å². The summed E-state index contributed by atoms with van der Waals surface area (Å²) in [5.74, 6) is -0.449. The Kier molecular flexibility index (Phi) is 4.08. The Labute approximate surface area is 113 Å². The summed E-state index contributed by atoms with van der Waals surface area (Å²) in [5.41, 5.74) is 0.706. The zero-order valence-electron chi connectivity index (χ0n) is 9.85. The van der Waals surface area contributed by atoms with Crippen molar-refractivity contribution in [2.75, 3.05) is 0 Å². The van der Waals surface area contributed by atoms with Crippen LogP contribution in [0.4, 0.5) is 4.39 Å². The van der Waals surface area contributed by atoms with Gasteiger partial charge in [0.15, 0.2) is 0 Å². The highest BCUT2D eigenvalue weighted by molar-refractivity contribution is 9.10. The number of benzene rings is 1. The maximum absolute atomic E-state index is 13.7. The summed E-state index contributed by atoms with van der Waals surface area (Å²) >= 11 is 3.26. The van der Waals surface area contributed by atoms with Crippen molar-refractivity contribution in [1.29, 1.82) is 0 Å².